The Morgan fingerprint density at radius 3 is 2.88 bits per heavy atom. The van der Waals surface area contributed by atoms with Crippen molar-refractivity contribution in [2.75, 3.05) is 26.2 Å². The summed E-state index contributed by atoms with van der Waals surface area (Å²) in [5.41, 5.74) is 1.62. The van der Waals surface area contributed by atoms with Crippen LogP contribution in [0.25, 0.3) is 5.69 Å². The second-order valence-corrected chi connectivity index (χ2v) is 6.94. The third kappa shape index (κ3) is 2.95. The van der Waals surface area contributed by atoms with Crippen LogP contribution in [-0.2, 0) is 0 Å². The minimum atomic E-state index is -0.344. The van der Waals surface area contributed by atoms with Gasteiger partial charge in [-0.3, -0.25) is 9.69 Å². The fourth-order valence-corrected chi connectivity index (χ4v) is 4.00. The zero-order valence-electron chi connectivity index (χ0n) is 14.5. The zero-order valence-corrected chi connectivity index (χ0v) is 14.5. The molecule has 1 amide bonds. The van der Waals surface area contributed by atoms with E-state index < -0.39 is 0 Å². The Morgan fingerprint density at radius 1 is 1.20 bits per heavy atom. The van der Waals surface area contributed by atoms with Crippen LogP contribution in [0.15, 0.2) is 30.5 Å². The predicted octanol–water partition coefficient (Wildman–Crippen LogP) is 2.63. The standard InChI is InChI=1S/C19H23FN4O/c1-14-16(12-21-24(14)18-8-3-2-7-17(18)20)19(25)23-11-10-22-9-5-4-6-15(22)13-23/h2-3,7-8,12,15H,4-6,9-11,13H2,1H3/t15-/m1/s1. The van der Waals surface area contributed by atoms with Crippen LogP contribution in [0.1, 0.15) is 35.3 Å². The van der Waals surface area contributed by atoms with Gasteiger partial charge < -0.3 is 4.90 Å². The first kappa shape index (κ1) is 16.3. The molecule has 0 radical (unpaired) electrons. The molecule has 2 aliphatic heterocycles. The fraction of sp³-hybridized carbons (Fsp3) is 0.474. The van der Waals surface area contributed by atoms with Crippen molar-refractivity contribution in [2.24, 2.45) is 0 Å². The van der Waals surface area contributed by atoms with E-state index in [-0.39, 0.29) is 11.7 Å². The van der Waals surface area contributed by atoms with Gasteiger partial charge in [-0.25, -0.2) is 9.07 Å². The third-order valence-electron chi connectivity index (χ3n) is 5.45. The molecule has 25 heavy (non-hydrogen) atoms. The molecule has 0 spiro atoms. The number of carbonyl (C=O) groups is 1. The van der Waals surface area contributed by atoms with Crippen LogP contribution in [0.4, 0.5) is 4.39 Å². The van der Waals surface area contributed by atoms with E-state index in [0.717, 1.165) is 32.6 Å². The molecule has 0 bridgehead atoms. The van der Waals surface area contributed by atoms with Gasteiger partial charge in [-0.2, -0.15) is 5.10 Å². The lowest BCUT2D eigenvalue weighted by molar-refractivity contribution is 0.0372. The van der Waals surface area contributed by atoms with E-state index in [1.165, 1.54) is 23.6 Å². The van der Waals surface area contributed by atoms with E-state index in [1.807, 2.05) is 11.8 Å². The van der Waals surface area contributed by atoms with Crippen LogP contribution in [0.5, 0.6) is 0 Å². The van der Waals surface area contributed by atoms with Crippen molar-refractivity contribution in [3.05, 3.63) is 47.5 Å². The molecular formula is C19H23FN4O. The first-order valence-corrected chi connectivity index (χ1v) is 8.98. The number of carbonyl (C=O) groups excluding carboxylic acids is 1. The van der Waals surface area contributed by atoms with Crippen molar-refractivity contribution in [1.29, 1.82) is 0 Å². The molecule has 1 atom stereocenters. The average Bonchev–Trinajstić information content (AvgIpc) is 3.02. The Balaban J connectivity index is 1.56. The van der Waals surface area contributed by atoms with Crippen molar-refractivity contribution in [1.82, 2.24) is 19.6 Å². The highest BCUT2D eigenvalue weighted by molar-refractivity contribution is 5.95. The Labute approximate surface area is 147 Å². The molecule has 0 N–H and O–H groups in total. The predicted molar refractivity (Wildman–Crippen MR) is 93.4 cm³/mol. The van der Waals surface area contributed by atoms with Crippen LogP contribution < -0.4 is 0 Å². The molecule has 1 aromatic carbocycles. The summed E-state index contributed by atoms with van der Waals surface area (Å²) in [6.07, 6.45) is 5.24. The molecular weight excluding hydrogens is 319 g/mol. The van der Waals surface area contributed by atoms with Crippen LogP contribution in [0.3, 0.4) is 0 Å². The van der Waals surface area contributed by atoms with E-state index in [4.69, 9.17) is 0 Å². The molecule has 1 aromatic heterocycles. The number of amides is 1. The van der Waals surface area contributed by atoms with Crippen molar-refractivity contribution in [3.63, 3.8) is 0 Å². The summed E-state index contributed by atoms with van der Waals surface area (Å²) in [5.74, 6) is -0.339. The maximum absolute atomic E-state index is 14.0. The molecule has 132 valence electrons. The van der Waals surface area contributed by atoms with Crippen molar-refractivity contribution in [2.45, 2.75) is 32.2 Å². The smallest absolute Gasteiger partial charge is 0.257 e. The Hall–Kier alpha value is -2.21. The average molecular weight is 342 g/mol. The number of aromatic nitrogens is 2. The lowest BCUT2D eigenvalue weighted by atomic mass is 9.99. The van der Waals surface area contributed by atoms with E-state index in [1.54, 1.807) is 24.4 Å². The van der Waals surface area contributed by atoms with Crippen LogP contribution in [0, 0.1) is 12.7 Å². The molecule has 2 aromatic rings. The number of benzene rings is 1. The Kier molecular flexibility index (Phi) is 4.29. The number of piperazine rings is 1. The van der Waals surface area contributed by atoms with E-state index in [9.17, 15) is 9.18 Å². The second kappa shape index (κ2) is 6.59. The number of hydrogen-bond donors (Lipinski definition) is 0. The number of para-hydroxylation sites is 1. The summed E-state index contributed by atoms with van der Waals surface area (Å²) in [5, 5.41) is 4.26. The monoisotopic (exact) mass is 342 g/mol. The van der Waals surface area contributed by atoms with Gasteiger partial charge in [0.15, 0.2) is 0 Å². The highest BCUT2D eigenvalue weighted by Gasteiger charge is 2.32. The molecule has 4 rings (SSSR count). The van der Waals surface area contributed by atoms with Gasteiger partial charge in [0.25, 0.3) is 5.91 Å². The molecule has 2 aliphatic rings. The SMILES string of the molecule is Cc1c(C(=O)N2CCN3CCCC[C@@H]3C2)cnn1-c1ccccc1F. The number of halogens is 1. The van der Waals surface area contributed by atoms with Crippen LogP contribution in [0.2, 0.25) is 0 Å². The van der Waals surface area contributed by atoms with Crippen LogP contribution in [-0.4, -0.2) is 57.7 Å². The highest BCUT2D eigenvalue weighted by atomic mass is 19.1. The summed E-state index contributed by atoms with van der Waals surface area (Å²) in [6.45, 7) is 5.44. The van der Waals surface area contributed by atoms with Crippen molar-refractivity contribution >= 4 is 5.91 Å². The minimum Gasteiger partial charge on any atom is -0.336 e. The van der Waals surface area contributed by atoms with Gasteiger partial charge in [-0.15, -0.1) is 0 Å². The van der Waals surface area contributed by atoms with Gasteiger partial charge in [-0.1, -0.05) is 18.6 Å². The largest absolute Gasteiger partial charge is 0.336 e. The summed E-state index contributed by atoms with van der Waals surface area (Å²) >= 11 is 0. The maximum atomic E-state index is 14.0. The lowest BCUT2D eigenvalue weighted by Gasteiger charge is -2.44. The summed E-state index contributed by atoms with van der Waals surface area (Å²) in [6, 6.07) is 6.97. The normalized spacial score (nSPS) is 21.2. The number of rotatable bonds is 2. The molecule has 5 nitrogen and oxygen atoms in total. The van der Waals surface area contributed by atoms with Gasteiger partial charge in [0.1, 0.15) is 11.5 Å². The van der Waals surface area contributed by atoms with Crippen molar-refractivity contribution in [3.8, 4) is 5.69 Å². The summed E-state index contributed by atoms with van der Waals surface area (Å²) < 4.78 is 15.6. The van der Waals surface area contributed by atoms with Gasteiger partial charge in [0.05, 0.1) is 17.5 Å². The summed E-state index contributed by atoms with van der Waals surface area (Å²) in [4.78, 5) is 17.4. The van der Waals surface area contributed by atoms with E-state index in [2.05, 4.69) is 10.00 Å². The number of fused-ring (bicyclic) bond motifs is 1. The molecule has 2 fully saturated rings. The number of nitrogens with zero attached hydrogens (tertiary/aromatic N) is 4. The molecule has 0 aliphatic carbocycles. The third-order valence-corrected chi connectivity index (χ3v) is 5.45. The van der Waals surface area contributed by atoms with E-state index in [0.29, 0.717) is 23.0 Å². The first-order valence-electron chi connectivity index (χ1n) is 8.98. The zero-order chi connectivity index (χ0) is 17.4. The summed E-state index contributed by atoms with van der Waals surface area (Å²) in [7, 11) is 0. The molecule has 3 heterocycles. The Bertz CT molecular complexity index is 787. The first-order chi connectivity index (χ1) is 12.1. The lowest BCUT2D eigenvalue weighted by Crippen LogP contribution is -2.56. The maximum Gasteiger partial charge on any atom is 0.257 e. The quantitative estimate of drug-likeness (QED) is 0.842. The molecule has 2 saturated heterocycles. The number of hydrogen-bond acceptors (Lipinski definition) is 3. The molecule has 6 heteroatoms. The topological polar surface area (TPSA) is 41.4 Å². The van der Waals surface area contributed by atoms with Gasteiger partial charge in [-0.05, 0) is 38.4 Å². The van der Waals surface area contributed by atoms with Gasteiger partial charge in [0.2, 0.25) is 0 Å². The molecule has 0 saturated carbocycles. The van der Waals surface area contributed by atoms with E-state index >= 15 is 0 Å². The van der Waals surface area contributed by atoms with Crippen LogP contribution >= 0.6 is 0 Å². The van der Waals surface area contributed by atoms with Gasteiger partial charge >= 0.3 is 0 Å². The van der Waals surface area contributed by atoms with Gasteiger partial charge in [0, 0.05) is 25.7 Å². The Morgan fingerprint density at radius 2 is 2.04 bits per heavy atom. The highest BCUT2D eigenvalue weighted by Crippen LogP contribution is 2.23. The fourth-order valence-electron chi connectivity index (χ4n) is 4.00. The minimum absolute atomic E-state index is 0.00492. The number of piperidine rings is 1. The van der Waals surface area contributed by atoms with Crippen molar-refractivity contribution < 1.29 is 9.18 Å². The molecule has 0 unspecified atom stereocenters. The second-order valence-electron chi connectivity index (χ2n) is 6.94.